The van der Waals surface area contributed by atoms with Crippen LogP contribution in [-0.2, 0) is 0 Å². The molecule has 0 radical (unpaired) electrons. The van der Waals surface area contributed by atoms with Gasteiger partial charge in [0.1, 0.15) is 17.3 Å². The third-order valence-corrected chi connectivity index (χ3v) is 4.76. The molecule has 0 amide bonds. The Bertz CT molecular complexity index is 657. The number of hydrogen-bond acceptors (Lipinski definition) is 4. The molecular weight excluding hydrogens is 288 g/mol. The first-order valence-electron chi connectivity index (χ1n) is 8.33. The van der Waals surface area contributed by atoms with E-state index in [9.17, 15) is 0 Å². The summed E-state index contributed by atoms with van der Waals surface area (Å²) in [6, 6.07) is 9.80. The van der Waals surface area contributed by atoms with Gasteiger partial charge in [-0.3, -0.25) is 0 Å². The Hall–Kier alpha value is -1.94. The maximum Gasteiger partial charge on any atom is 0.125 e. The second kappa shape index (κ2) is 6.67. The first-order chi connectivity index (χ1) is 11.1. The van der Waals surface area contributed by atoms with Crippen molar-refractivity contribution in [2.24, 2.45) is 11.7 Å². The molecule has 1 aliphatic heterocycles. The first-order valence-corrected chi connectivity index (χ1v) is 8.33. The fourth-order valence-electron chi connectivity index (χ4n) is 3.21. The van der Waals surface area contributed by atoms with Crippen molar-refractivity contribution in [3.63, 3.8) is 0 Å². The minimum Gasteiger partial charge on any atom is -0.497 e. The predicted octanol–water partition coefficient (Wildman–Crippen LogP) is 3.88. The summed E-state index contributed by atoms with van der Waals surface area (Å²) in [7, 11) is 1.70. The van der Waals surface area contributed by atoms with Crippen LogP contribution in [0.15, 0.2) is 34.7 Å². The van der Waals surface area contributed by atoms with E-state index in [1.165, 1.54) is 12.8 Å². The Kier molecular flexibility index (Phi) is 4.62. The number of methoxy groups -OCH3 is 1. The van der Waals surface area contributed by atoms with Crippen LogP contribution >= 0.6 is 0 Å². The largest absolute Gasteiger partial charge is 0.497 e. The topological polar surface area (TPSA) is 51.6 Å². The van der Waals surface area contributed by atoms with Gasteiger partial charge >= 0.3 is 0 Å². The average Bonchev–Trinajstić information content (AvgIpc) is 3.01. The Labute approximate surface area is 138 Å². The molecule has 2 N–H and O–H groups in total. The highest BCUT2D eigenvalue weighted by Crippen LogP contribution is 2.35. The zero-order valence-electron chi connectivity index (χ0n) is 14.2. The molecule has 0 aliphatic carbocycles. The standard InChI is InChI=1S/C19H26N2O2/c1-13-8-10-21(11-9-13)17-12-15(22-3)5-6-16(17)19(20)18-7-4-14(2)23-18/h4-7,12-13,19H,8-11,20H2,1-3H3. The van der Waals surface area contributed by atoms with Gasteiger partial charge in [0.25, 0.3) is 0 Å². The van der Waals surface area contributed by atoms with Gasteiger partial charge in [-0.15, -0.1) is 0 Å². The molecule has 124 valence electrons. The number of rotatable bonds is 4. The zero-order chi connectivity index (χ0) is 16.4. The van der Waals surface area contributed by atoms with E-state index in [4.69, 9.17) is 14.9 Å². The van der Waals surface area contributed by atoms with Gasteiger partial charge in [0.05, 0.1) is 13.2 Å². The monoisotopic (exact) mass is 314 g/mol. The van der Waals surface area contributed by atoms with Gasteiger partial charge in [-0.25, -0.2) is 0 Å². The van der Waals surface area contributed by atoms with Crippen LogP contribution in [0, 0.1) is 12.8 Å². The number of benzene rings is 1. The summed E-state index contributed by atoms with van der Waals surface area (Å²) in [5.74, 6) is 3.35. The molecule has 1 fully saturated rings. The fraction of sp³-hybridized carbons (Fsp3) is 0.474. The highest BCUT2D eigenvalue weighted by Gasteiger charge is 2.23. The Morgan fingerprint density at radius 3 is 2.57 bits per heavy atom. The van der Waals surface area contributed by atoms with Gasteiger partial charge in [-0.1, -0.05) is 13.0 Å². The molecule has 1 unspecified atom stereocenters. The number of nitrogens with zero attached hydrogens (tertiary/aromatic N) is 1. The highest BCUT2D eigenvalue weighted by molar-refractivity contribution is 5.60. The van der Waals surface area contributed by atoms with E-state index in [1.807, 2.05) is 25.1 Å². The summed E-state index contributed by atoms with van der Waals surface area (Å²) < 4.78 is 11.2. The third kappa shape index (κ3) is 3.37. The number of hydrogen-bond donors (Lipinski definition) is 1. The quantitative estimate of drug-likeness (QED) is 0.930. The fourth-order valence-corrected chi connectivity index (χ4v) is 3.21. The molecule has 4 nitrogen and oxygen atoms in total. The second-order valence-electron chi connectivity index (χ2n) is 6.52. The molecule has 0 spiro atoms. The van der Waals surface area contributed by atoms with E-state index in [0.717, 1.165) is 47.5 Å². The van der Waals surface area contributed by atoms with Crippen LogP contribution in [0.25, 0.3) is 0 Å². The van der Waals surface area contributed by atoms with Crippen molar-refractivity contribution in [3.05, 3.63) is 47.4 Å². The maximum absolute atomic E-state index is 6.49. The number of piperidine rings is 1. The zero-order valence-corrected chi connectivity index (χ0v) is 14.2. The van der Waals surface area contributed by atoms with E-state index in [0.29, 0.717) is 0 Å². The van der Waals surface area contributed by atoms with Crippen LogP contribution in [0.3, 0.4) is 0 Å². The Morgan fingerprint density at radius 2 is 1.96 bits per heavy atom. The summed E-state index contributed by atoms with van der Waals surface area (Å²) in [4.78, 5) is 2.42. The van der Waals surface area contributed by atoms with Crippen LogP contribution in [0.5, 0.6) is 5.75 Å². The average molecular weight is 314 g/mol. The molecule has 2 heterocycles. The predicted molar refractivity (Wildman–Crippen MR) is 93.1 cm³/mol. The van der Waals surface area contributed by atoms with Crippen LogP contribution in [-0.4, -0.2) is 20.2 Å². The van der Waals surface area contributed by atoms with E-state index in [2.05, 4.69) is 24.0 Å². The molecule has 4 heteroatoms. The molecule has 1 atom stereocenters. The van der Waals surface area contributed by atoms with Crippen LogP contribution in [0.4, 0.5) is 5.69 Å². The number of aryl methyl sites for hydroxylation is 1. The molecular formula is C19H26N2O2. The van der Waals surface area contributed by atoms with E-state index < -0.39 is 0 Å². The van der Waals surface area contributed by atoms with Crippen molar-refractivity contribution in [1.29, 1.82) is 0 Å². The number of anilines is 1. The molecule has 2 aromatic rings. The van der Waals surface area contributed by atoms with Gasteiger partial charge < -0.3 is 19.8 Å². The van der Waals surface area contributed by atoms with E-state index >= 15 is 0 Å². The molecule has 1 aliphatic rings. The molecule has 1 aromatic carbocycles. The molecule has 0 saturated carbocycles. The molecule has 1 saturated heterocycles. The van der Waals surface area contributed by atoms with Crippen molar-refractivity contribution in [2.45, 2.75) is 32.7 Å². The van der Waals surface area contributed by atoms with Gasteiger partial charge in [0.2, 0.25) is 0 Å². The highest BCUT2D eigenvalue weighted by atomic mass is 16.5. The second-order valence-corrected chi connectivity index (χ2v) is 6.52. The third-order valence-electron chi connectivity index (χ3n) is 4.76. The van der Waals surface area contributed by atoms with Gasteiger partial charge in [0.15, 0.2) is 0 Å². The molecule has 0 bridgehead atoms. The Balaban J connectivity index is 1.95. The lowest BCUT2D eigenvalue weighted by atomic mass is 9.96. The first kappa shape index (κ1) is 15.9. The van der Waals surface area contributed by atoms with Gasteiger partial charge in [-0.05, 0) is 43.9 Å². The van der Waals surface area contributed by atoms with Crippen molar-refractivity contribution in [3.8, 4) is 5.75 Å². The van der Waals surface area contributed by atoms with Crippen LogP contribution in [0.1, 0.15) is 42.9 Å². The van der Waals surface area contributed by atoms with Crippen molar-refractivity contribution in [1.82, 2.24) is 0 Å². The smallest absolute Gasteiger partial charge is 0.125 e. The van der Waals surface area contributed by atoms with Crippen LogP contribution < -0.4 is 15.4 Å². The summed E-state index contributed by atoms with van der Waals surface area (Å²) in [6.45, 7) is 6.38. The van der Waals surface area contributed by atoms with Gasteiger partial charge in [0, 0.05) is 30.4 Å². The van der Waals surface area contributed by atoms with Crippen molar-refractivity contribution >= 4 is 5.69 Å². The van der Waals surface area contributed by atoms with Gasteiger partial charge in [-0.2, -0.15) is 0 Å². The number of furan rings is 1. The van der Waals surface area contributed by atoms with Crippen molar-refractivity contribution < 1.29 is 9.15 Å². The lowest BCUT2D eigenvalue weighted by Crippen LogP contribution is -2.34. The van der Waals surface area contributed by atoms with E-state index in [1.54, 1.807) is 7.11 Å². The number of nitrogens with two attached hydrogens (primary N) is 1. The van der Waals surface area contributed by atoms with Crippen molar-refractivity contribution in [2.75, 3.05) is 25.1 Å². The molecule has 1 aromatic heterocycles. The number of ether oxygens (including phenoxy) is 1. The summed E-state index contributed by atoms with van der Waals surface area (Å²) >= 11 is 0. The Morgan fingerprint density at radius 1 is 1.22 bits per heavy atom. The van der Waals surface area contributed by atoms with E-state index in [-0.39, 0.29) is 6.04 Å². The summed E-state index contributed by atoms with van der Waals surface area (Å²) in [6.07, 6.45) is 2.43. The minimum atomic E-state index is -0.260. The van der Waals surface area contributed by atoms with Crippen LogP contribution in [0.2, 0.25) is 0 Å². The summed E-state index contributed by atoms with van der Waals surface area (Å²) in [5, 5.41) is 0. The lowest BCUT2D eigenvalue weighted by molar-refractivity contribution is 0.412. The normalized spacial score (nSPS) is 17.3. The maximum atomic E-state index is 6.49. The SMILES string of the molecule is COc1ccc(C(N)c2ccc(C)o2)c(N2CCC(C)CC2)c1. The minimum absolute atomic E-state index is 0.260. The molecule has 23 heavy (non-hydrogen) atoms. The summed E-state index contributed by atoms with van der Waals surface area (Å²) in [5.41, 5.74) is 8.75. The molecule has 3 rings (SSSR count). The lowest BCUT2D eigenvalue weighted by Gasteiger charge is -2.34.